The molecule has 0 spiro atoms. The average Bonchev–Trinajstić information content (AvgIpc) is 3.04. The zero-order chi connectivity index (χ0) is 20.7. The van der Waals surface area contributed by atoms with Crippen LogP contribution in [0.2, 0.25) is 0 Å². The Labute approximate surface area is 172 Å². The predicted octanol–water partition coefficient (Wildman–Crippen LogP) is 3.17. The summed E-state index contributed by atoms with van der Waals surface area (Å²) in [6, 6.07) is 8.49. The number of imidazole rings is 1. The third kappa shape index (κ3) is 3.33. The quantitative estimate of drug-likeness (QED) is 0.520. The van der Waals surface area contributed by atoms with Crippen molar-refractivity contribution in [1.29, 1.82) is 0 Å². The molecule has 154 valence electrons. The lowest BCUT2D eigenvalue weighted by atomic mass is 10.2. The van der Waals surface area contributed by atoms with Crippen molar-refractivity contribution in [3.63, 3.8) is 0 Å². The Morgan fingerprint density at radius 3 is 2.87 bits per heavy atom. The van der Waals surface area contributed by atoms with E-state index >= 15 is 0 Å². The van der Waals surface area contributed by atoms with Gasteiger partial charge in [-0.05, 0) is 49.8 Å². The van der Waals surface area contributed by atoms with Gasteiger partial charge in [0.25, 0.3) is 0 Å². The fourth-order valence-corrected chi connectivity index (χ4v) is 3.97. The zero-order valence-corrected chi connectivity index (χ0v) is 16.7. The van der Waals surface area contributed by atoms with Crippen LogP contribution in [0.25, 0.3) is 28.0 Å². The summed E-state index contributed by atoms with van der Waals surface area (Å²) in [5, 5.41) is 0.705. The fraction of sp³-hybridized carbons (Fsp3) is 0.318. The minimum absolute atomic E-state index is 0.169. The number of hydrogen-bond acceptors (Lipinski definition) is 6. The average molecular weight is 407 g/mol. The van der Waals surface area contributed by atoms with Gasteiger partial charge in [-0.25, -0.2) is 14.2 Å². The molecule has 5 rings (SSSR count). The molecule has 0 aliphatic carbocycles. The monoisotopic (exact) mass is 407 g/mol. The molecule has 0 radical (unpaired) electrons. The normalized spacial score (nSPS) is 15.7. The zero-order valence-electron chi connectivity index (χ0n) is 16.7. The van der Waals surface area contributed by atoms with Crippen molar-refractivity contribution in [1.82, 2.24) is 19.3 Å². The first-order chi connectivity index (χ1) is 14.6. The summed E-state index contributed by atoms with van der Waals surface area (Å²) >= 11 is 0. The van der Waals surface area contributed by atoms with E-state index in [0.29, 0.717) is 16.8 Å². The van der Waals surface area contributed by atoms with Gasteiger partial charge in [-0.15, -0.1) is 0 Å². The van der Waals surface area contributed by atoms with Crippen LogP contribution in [0.1, 0.15) is 13.3 Å². The van der Waals surface area contributed by atoms with E-state index in [1.54, 1.807) is 28.9 Å². The second kappa shape index (κ2) is 7.53. The lowest BCUT2D eigenvalue weighted by Crippen LogP contribution is -2.31. The Morgan fingerprint density at radius 1 is 1.13 bits per heavy atom. The lowest BCUT2D eigenvalue weighted by Gasteiger charge is -2.22. The number of fused-ring (bicyclic) bond motifs is 2. The van der Waals surface area contributed by atoms with Crippen molar-refractivity contribution in [2.45, 2.75) is 13.3 Å². The van der Waals surface area contributed by atoms with Crippen LogP contribution in [-0.2, 0) is 0 Å². The van der Waals surface area contributed by atoms with E-state index in [1.807, 2.05) is 12.1 Å². The molecular weight excluding hydrogens is 385 g/mol. The van der Waals surface area contributed by atoms with E-state index < -0.39 is 11.4 Å². The highest BCUT2D eigenvalue weighted by molar-refractivity contribution is 5.80. The second-order valence-corrected chi connectivity index (χ2v) is 7.50. The molecule has 4 aromatic heterocycles. The number of halogens is 1. The number of pyridine rings is 2. The van der Waals surface area contributed by atoms with E-state index in [-0.39, 0.29) is 11.2 Å². The van der Waals surface area contributed by atoms with Crippen LogP contribution in [-0.4, -0.2) is 52.0 Å². The molecule has 7 nitrogen and oxygen atoms in total. The Kier molecular flexibility index (Phi) is 4.71. The predicted molar refractivity (Wildman–Crippen MR) is 113 cm³/mol. The van der Waals surface area contributed by atoms with Gasteiger partial charge < -0.3 is 18.6 Å². The van der Waals surface area contributed by atoms with Crippen molar-refractivity contribution < 1.29 is 8.81 Å². The summed E-state index contributed by atoms with van der Waals surface area (Å²) in [5.41, 5.74) is 0.583. The third-order valence-corrected chi connectivity index (χ3v) is 5.65. The van der Waals surface area contributed by atoms with E-state index in [0.717, 1.165) is 45.0 Å². The van der Waals surface area contributed by atoms with E-state index in [1.165, 1.54) is 6.07 Å². The van der Waals surface area contributed by atoms with Crippen LogP contribution in [0.5, 0.6) is 0 Å². The first-order valence-electron chi connectivity index (χ1n) is 10.2. The number of anilines is 1. The largest absolute Gasteiger partial charge is 0.403 e. The van der Waals surface area contributed by atoms with Crippen LogP contribution >= 0.6 is 0 Å². The summed E-state index contributed by atoms with van der Waals surface area (Å²) in [6.07, 6.45) is 4.38. The van der Waals surface area contributed by atoms with E-state index in [4.69, 9.17) is 4.42 Å². The molecule has 0 saturated carbocycles. The maximum absolute atomic E-state index is 14.0. The first-order valence-corrected chi connectivity index (χ1v) is 10.2. The van der Waals surface area contributed by atoms with Crippen molar-refractivity contribution in [2.75, 3.05) is 37.6 Å². The molecule has 1 aliphatic heterocycles. The van der Waals surface area contributed by atoms with Crippen LogP contribution in [0.15, 0.2) is 51.9 Å². The Morgan fingerprint density at radius 2 is 2.03 bits per heavy atom. The summed E-state index contributed by atoms with van der Waals surface area (Å²) in [4.78, 5) is 26.2. The number of likely N-dealkylation sites (N-methyl/N-ethyl adjacent to an activating group) is 1. The summed E-state index contributed by atoms with van der Waals surface area (Å²) in [6.45, 7) is 7.10. The fourth-order valence-electron chi connectivity index (χ4n) is 3.97. The molecule has 0 amide bonds. The highest BCUT2D eigenvalue weighted by atomic mass is 19.1. The molecule has 0 atom stereocenters. The van der Waals surface area contributed by atoms with E-state index in [2.05, 4.69) is 26.7 Å². The molecule has 0 bridgehead atoms. The van der Waals surface area contributed by atoms with Crippen LogP contribution < -0.4 is 10.5 Å². The SMILES string of the molecule is CCN1CCCN(c2ccc3cc(-c4cn5cccc(F)c5n4)c(=O)oc3n2)CC1. The standard InChI is InChI=1S/C22H22FN5O2/c1-2-26-8-4-10-27(12-11-26)19-7-6-15-13-16(22(29)30-21(15)25-19)18-14-28-9-3-5-17(23)20(28)24-18/h3,5-7,9,13-14H,2,4,8,10-12H2,1H3. The maximum atomic E-state index is 14.0. The van der Waals surface area contributed by atoms with Crippen LogP contribution in [0, 0.1) is 5.82 Å². The molecule has 0 N–H and O–H groups in total. The van der Waals surface area contributed by atoms with Gasteiger partial charge >= 0.3 is 5.63 Å². The molecule has 0 unspecified atom stereocenters. The summed E-state index contributed by atoms with van der Waals surface area (Å²) in [7, 11) is 0. The Hall–Kier alpha value is -3.26. The van der Waals surface area contributed by atoms with Crippen molar-refractivity contribution in [3.05, 3.63) is 59.0 Å². The number of rotatable bonds is 3. The van der Waals surface area contributed by atoms with E-state index in [9.17, 15) is 9.18 Å². The molecule has 0 aromatic carbocycles. The minimum atomic E-state index is -0.538. The summed E-state index contributed by atoms with van der Waals surface area (Å²) < 4.78 is 21.0. The van der Waals surface area contributed by atoms with Crippen LogP contribution in [0.4, 0.5) is 10.2 Å². The summed E-state index contributed by atoms with van der Waals surface area (Å²) in [5.74, 6) is 0.366. The van der Waals surface area contributed by atoms with Gasteiger partial charge in [0.15, 0.2) is 11.5 Å². The molecule has 30 heavy (non-hydrogen) atoms. The van der Waals surface area contributed by atoms with Gasteiger partial charge in [0.2, 0.25) is 5.71 Å². The third-order valence-electron chi connectivity index (χ3n) is 5.65. The van der Waals surface area contributed by atoms with Crippen molar-refractivity contribution in [3.8, 4) is 11.3 Å². The lowest BCUT2D eigenvalue weighted by molar-refractivity contribution is 0.310. The van der Waals surface area contributed by atoms with Gasteiger partial charge in [-0.3, -0.25) is 0 Å². The van der Waals surface area contributed by atoms with Crippen molar-refractivity contribution in [2.24, 2.45) is 0 Å². The maximum Gasteiger partial charge on any atom is 0.347 e. The van der Waals surface area contributed by atoms with Gasteiger partial charge in [0.05, 0.1) is 11.3 Å². The topological polar surface area (TPSA) is 66.9 Å². The second-order valence-electron chi connectivity index (χ2n) is 7.50. The number of nitrogens with zero attached hydrogens (tertiary/aromatic N) is 5. The highest BCUT2D eigenvalue weighted by Crippen LogP contribution is 2.23. The van der Waals surface area contributed by atoms with Gasteiger partial charge in [0, 0.05) is 37.4 Å². The molecule has 4 aromatic rings. The Bertz CT molecular complexity index is 1280. The van der Waals surface area contributed by atoms with Gasteiger partial charge in [0.1, 0.15) is 5.82 Å². The highest BCUT2D eigenvalue weighted by Gasteiger charge is 2.17. The molecular formula is C22H22FN5O2. The molecule has 1 fully saturated rings. The molecule has 8 heteroatoms. The molecule has 5 heterocycles. The first kappa shape index (κ1) is 18.7. The smallest absolute Gasteiger partial charge is 0.347 e. The molecule has 1 aliphatic rings. The Balaban J connectivity index is 1.51. The number of aromatic nitrogens is 3. The molecule has 1 saturated heterocycles. The van der Waals surface area contributed by atoms with Crippen LogP contribution in [0.3, 0.4) is 0 Å². The van der Waals surface area contributed by atoms with Gasteiger partial charge in [-0.1, -0.05) is 6.92 Å². The van der Waals surface area contributed by atoms with Crippen molar-refractivity contribution >= 4 is 22.6 Å². The number of hydrogen-bond donors (Lipinski definition) is 0. The minimum Gasteiger partial charge on any atom is -0.403 e. The van der Waals surface area contributed by atoms with Gasteiger partial charge in [-0.2, -0.15) is 4.98 Å².